The van der Waals surface area contributed by atoms with Crippen LogP contribution in [0.2, 0.25) is 0 Å². The highest BCUT2D eigenvalue weighted by Gasteiger charge is 1.98. The first-order valence-electron chi connectivity index (χ1n) is 2.89. The van der Waals surface area contributed by atoms with E-state index in [2.05, 4.69) is 4.99 Å². The van der Waals surface area contributed by atoms with Gasteiger partial charge in [0, 0.05) is 9.75 Å². The minimum Gasteiger partial charge on any atom is -0.211 e. The molecule has 0 bridgehead atoms. The van der Waals surface area contributed by atoms with Gasteiger partial charge in [-0.2, -0.15) is 4.99 Å². The third kappa shape index (κ3) is 1.32. The minimum atomic E-state index is 0.748. The molecule has 0 radical (unpaired) electrons. The van der Waals surface area contributed by atoms with Crippen molar-refractivity contribution in [3.05, 3.63) is 15.8 Å². The number of isocyanates is 1. The first-order valence-corrected chi connectivity index (χ1v) is 3.70. The van der Waals surface area contributed by atoms with Crippen LogP contribution in [0, 0.1) is 13.8 Å². The summed E-state index contributed by atoms with van der Waals surface area (Å²) < 4.78 is 0. The Hall–Kier alpha value is -0.920. The molecule has 3 heteroatoms. The minimum absolute atomic E-state index is 0.748. The van der Waals surface area contributed by atoms with Gasteiger partial charge in [0.15, 0.2) is 0 Å². The Labute approximate surface area is 63.2 Å². The van der Waals surface area contributed by atoms with Crippen molar-refractivity contribution in [2.75, 3.05) is 0 Å². The van der Waals surface area contributed by atoms with Crippen LogP contribution in [-0.4, -0.2) is 6.08 Å². The van der Waals surface area contributed by atoms with Gasteiger partial charge in [-0.3, -0.25) is 0 Å². The van der Waals surface area contributed by atoms with Gasteiger partial charge in [-0.15, -0.1) is 11.3 Å². The standard InChI is InChI=1S/C7H7NOS/c1-5-3-7(8-4-9)6(2)10-5/h3H,1-2H3. The molecular formula is C7H7NOS. The zero-order valence-electron chi connectivity index (χ0n) is 5.84. The number of aryl methyl sites for hydroxylation is 2. The van der Waals surface area contributed by atoms with Crippen molar-refractivity contribution in [2.45, 2.75) is 13.8 Å². The van der Waals surface area contributed by atoms with Gasteiger partial charge >= 0.3 is 0 Å². The molecule has 0 unspecified atom stereocenters. The molecule has 52 valence electrons. The molecule has 0 aromatic carbocycles. The maximum atomic E-state index is 9.85. The van der Waals surface area contributed by atoms with Crippen molar-refractivity contribution in [2.24, 2.45) is 4.99 Å². The number of hydrogen-bond donors (Lipinski definition) is 0. The molecule has 0 N–H and O–H groups in total. The third-order valence-electron chi connectivity index (χ3n) is 1.18. The largest absolute Gasteiger partial charge is 0.240 e. The summed E-state index contributed by atoms with van der Waals surface area (Å²) in [7, 11) is 0. The molecule has 10 heavy (non-hydrogen) atoms. The number of nitrogens with zero attached hydrogens (tertiary/aromatic N) is 1. The molecule has 0 saturated carbocycles. The van der Waals surface area contributed by atoms with E-state index in [1.54, 1.807) is 11.3 Å². The molecule has 0 aliphatic carbocycles. The summed E-state index contributed by atoms with van der Waals surface area (Å²) in [6, 6.07) is 1.88. The summed E-state index contributed by atoms with van der Waals surface area (Å²) in [6.07, 6.45) is 1.52. The Bertz CT molecular complexity index is 284. The van der Waals surface area contributed by atoms with Gasteiger partial charge in [0.2, 0.25) is 6.08 Å². The van der Waals surface area contributed by atoms with Crippen LogP contribution in [0.15, 0.2) is 11.1 Å². The topological polar surface area (TPSA) is 29.4 Å². The highest BCUT2D eigenvalue weighted by atomic mass is 32.1. The fourth-order valence-electron chi connectivity index (χ4n) is 0.778. The van der Waals surface area contributed by atoms with E-state index in [0.717, 1.165) is 10.6 Å². The van der Waals surface area contributed by atoms with Gasteiger partial charge in [0.1, 0.15) is 0 Å². The predicted octanol–water partition coefficient (Wildman–Crippen LogP) is 2.33. The van der Waals surface area contributed by atoms with E-state index in [9.17, 15) is 4.79 Å². The van der Waals surface area contributed by atoms with Gasteiger partial charge in [-0.25, -0.2) is 4.79 Å². The van der Waals surface area contributed by atoms with Crippen molar-refractivity contribution in [1.82, 2.24) is 0 Å². The van der Waals surface area contributed by atoms with E-state index >= 15 is 0 Å². The van der Waals surface area contributed by atoms with E-state index < -0.39 is 0 Å². The SMILES string of the molecule is Cc1cc(N=C=O)c(C)s1. The Balaban J connectivity index is 3.14. The van der Waals surface area contributed by atoms with Gasteiger partial charge in [-0.1, -0.05) is 0 Å². The van der Waals surface area contributed by atoms with Crippen LogP contribution in [0.5, 0.6) is 0 Å². The molecule has 2 nitrogen and oxygen atoms in total. The molecule has 1 rings (SSSR count). The number of hydrogen-bond acceptors (Lipinski definition) is 3. The van der Waals surface area contributed by atoms with Crippen molar-refractivity contribution in [3.63, 3.8) is 0 Å². The van der Waals surface area contributed by atoms with E-state index in [4.69, 9.17) is 0 Å². The Kier molecular flexibility index (Phi) is 2.00. The van der Waals surface area contributed by atoms with Crippen LogP contribution in [0.25, 0.3) is 0 Å². The lowest BCUT2D eigenvalue weighted by Crippen LogP contribution is -1.58. The summed E-state index contributed by atoms with van der Waals surface area (Å²) in [5, 5.41) is 0. The molecule has 0 aliphatic rings. The van der Waals surface area contributed by atoms with Gasteiger partial charge in [0.25, 0.3) is 0 Å². The molecule has 1 aromatic heterocycles. The van der Waals surface area contributed by atoms with Crippen LogP contribution >= 0.6 is 11.3 Å². The highest BCUT2D eigenvalue weighted by molar-refractivity contribution is 7.12. The fourth-order valence-corrected chi connectivity index (χ4v) is 1.64. The van der Waals surface area contributed by atoms with Crippen LogP contribution in [0.3, 0.4) is 0 Å². The van der Waals surface area contributed by atoms with Crippen molar-refractivity contribution >= 4 is 23.1 Å². The van der Waals surface area contributed by atoms with E-state index in [1.807, 2.05) is 19.9 Å². The number of carbonyl (C=O) groups excluding carboxylic acids is 1. The number of aliphatic imine (C=N–C) groups is 1. The molecule has 0 spiro atoms. The number of rotatable bonds is 1. The summed E-state index contributed by atoms with van der Waals surface area (Å²) in [5.41, 5.74) is 0.748. The van der Waals surface area contributed by atoms with E-state index in [-0.39, 0.29) is 0 Å². The first-order chi connectivity index (χ1) is 4.74. The fraction of sp³-hybridized carbons (Fsp3) is 0.286. The summed E-state index contributed by atoms with van der Waals surface area (Å²) in [6.45, 7) is 3.93. The highest BCUT2D eigenvalue weighted by Crippen LogP contribution is 2.27. The van der Waals surface area contributed by atoms with Crippen molar-refractivity contribution in [1.29, 1.82) is 0 Å². The smallest absolute Gasteiger partial charge is 0.211 e. The lowest BCUT2D eigenvalue weighted by molar-refractivity contribution is 0.565. The van der Waals surface area contributed by atoms with Crippen LogP contribution < -0.4 is 0 Å². The van der Waals surface area contributed by atoms with E-state index in [0.29, 0.717) is 0 Å². The van der Waals surface area contributed by atoms with Gasteiger partial charge in [-0.05, 0) is 19.9 Å². The molecule has 0 amide bonds. The van der Waals surface area contributed by atoms with Crippen LogP contribution in [0.4, 0.5) is 5.69 Å². The Morgan fingerprint density at radius 3 is 2.70 bits per heavy atom. The molecule has 1 heterocycles. The molecule has 1 aromatic rings. The summed E-state index contributed by atoms with van der Waals surface area (Å²) >= 11 is 1.64. The third-order valence-corrected chi connectivity index (χ3v) is 2.14. The Morgan fingerprint density at radius 2 is 2.30 bits per heavy atom. The van der Waals surface area contributed by atoms with Gasteiger partial charge < -0.3 is 0 Å². The number of thiophene rings is 1. The average molecular weight is 153 g/mol. The lowest BCUT2D eigenvalue weighted by atomic mass is 10.4. The monoisotopic (exact) mass is 153 g/mol. The summed E-state index contributed by atoms with van der Waals surface area (Å²) in [4.78, 5) is 15.6. The molecular weight excluding hydrogens is 146 g/mol. The normalized spacial score (nSPS) is 9.00. The van der Waals surface area contributed by atoms with Crippen molar-refractivity contribution < 1.29 is 4.79 Å². The molecule has 0 saturated heterocycles. The second-order valence-corrected chi connectivity index (χ2v) is 3.46. The predicted molar refractivity (Wildman–Crippen MR) is 41.6 cm³/mol. The maximum Gasteiger partial charge on any atom is 0.240 e. The average Bonchev–Trinajstić information content (AvgIpc) is 2.13. The van der Waals surface area contributed by atoms with E-state index in [1.165, 1.54) is 11.0 Å². The summed E-state index contributed by atoms with van der Waals surface area (Å²) in [5.74, 6) is 0. The lowest BCUT2D eigenvalue weighted by Gasteiger charge is -1.80. The molecule has 0 atom stereocenters. The maximum absolute atomic E-state index is 9.85. The van der Waals surface area contributed by atoms with Crippen molar-refractivity contribution in [3.8, 4) is 0 Å². The van der Waals surface area contributed by atoms with Gasteiger partial charge in [0.05, 0.1) is 5.69 Å². The zero-order valence-corrected chi connectivity index (χ0v) is 6.66. The molecule has 0 fully saturated rings. The van der Waals surface area contributed by atoms with Crippen LogP contribution in [-0.2, 0) is 4.79 Å². The Morgan fingerprint density at radius 1 is 1.60 bits per heavy atom. The van der Waals surface area contributed by atoms with Crippen LogP contribution in [0.1, 0.15) is 9.75 Å². The second kappa shape index (κ2) is 2.78. The zero-order chi connectivity index (χ0) is 7.56. The molecule has 0 aliphatic heterocycles. The quantitative estimate of drug-likeness (QED) is 0.449. The first kappa shape index (κ1) is 7.19. The second-order valence-electron chi connectivity index (χ2n) is 2.00.